The molecule has 0 aliphatic rings. The number of hydrogen-bond acceptors (Lipinski definition) is 6. The molecular formula is C25H26N4O4. The lowest BCUT2D eigenvalue weighted by Gasteiger charge is -2.09. The number of hydrogen-bond donors (Lipinski definition) is 1. The van der Waals surface area contributed by atoms with Crippen molar-refractivity contribution in [2.75, 3.05) is 14.2 Å². The average molecular weight is 447 g/mol. The molecule has 0 aliphatic heterocycles. The van der Waals surface area contributed by atoms with Crippen LogP contribution in [0.25, 0.3) is 23.0 Å². The minimum Gasteiger partial charge on any atom is -0.493 e. The van der Waals surface area contributed by atoms with Crippen LogP contribution in [0.5, 0.6) is 11.5 Å². The number of aryl methyl sites for hydroxylation is 1. The minimum atomic E-state index is -0.105. The number of nitrogens with one attached hydrogen (secondary N) is 1. The van der Waals surface area contributed by atoms with Crippen molar-refractivity contribution in [3.8, 4) is 34.5 Å². The van der Waals surface area contributed by atoms with Crippen molar-refractivity contribution in [1.29, 1.82) is 0 Å². The third kappa shape index (κ3) is 5.06. The Labute approximate surface area is 192 Å². The van der Waals surface area contributed by atoms with Crippen LogP contribution in [0.15, 0.2) is 65.3 Å². The lowest BCUT2D eigenvalue weighted by molar-refractivity contribution is -0.121. The maximum atomic E-state index is 12.5. The van der Waals surface area contributed by atoms with Gasteiger partial charge in [0.2, 0.25) is 11.7 Å². The van der Waals surface area contributed by atoms with Crippen molar-refractivity contribution in [2.45, 2.75) is 26.4 Å². The summed E-state index contributed by atoms with van der Waals surface area (Å²) in [7, 11) is 3.15. The molecule has 33 heavy (non-hydrogen) atoms. The molecule has 0 fully saturated rings. The summed E-state index contributed by atoms with van der Waals surface area (Å²) in [5, 5.41) is 7.04. The van der Waals surface area contributed by atoms with Gasteiger partial charge >= 0.3 is 0 Å². The number of aromatic nitrogens is 3. The Morgan fingerprint density at radius 3 is 2.52 bits per heavy atom. The van der Waals surface area contributed by atoms with Gasteiger partial charge in [-0.1, -0.05) is 36.3 Å². The fourth-order valence-corrected chi connectivity index (χ4v) is 3.47. The van der Waals surface area contributed by atoms with Crippen LogP contribution in [0.1, 0.15) is 18.1 Å². The molecule has 4 aromatic rings. The molecule has 2 heterocycles. The second-order valence-corrected chi connectivity index (χ2v) is 7.46. The lowest BCUT2D eigenvalue weighted by atomic mass is 10.1. The van der Waals surface area contributed by atoms with Crippen LogP contribution in [0.3, 0.4) is 0 Å². The van der Waals surface area contributed by atoms with Gasteiger partial charge in [0.1, 0.15) is 12.2 Å². The van der Waals surface area contributed by atoms with Crippen LogP contribution in [0.2, 0.25) is 0 Å². The van der Waals surface area contributed by atoms with Gasteiger partial charge in [-0.05, 0) is 47.9 Å². The molecule has 170 valence electrons. The minimum absolute atomic E-state index is 0.105. The van der Waals surface area contributed by atoms with Gasteiger partial charge in [0, 0.05) is 18.3 Å². The summed E-state index contributed by atoms with van der Waals surface area (Å²) in [5.41, 5.74) is 3.73. The summed E-state index contributed by atoms with van der Waals surface area (Å²) in [5.74, 6) is 1.83. The van der Waals surface area contributed by atoms with E-state index in [1.807, 2.05) is 36.5 Å². The number of methoxy groups -OCH3 is 2. The van der Waals surface area contributed by atoms with Crippen LogP contribution >= 0.6 is 0 Å². The molecule has 0 bridgehead atoms. The molecular weight excluding hydrogens is 420 g/mol. The molecule has 8 nitrogen and oxygen atoms in total. The normalized spacial score (nSPS) is 10.8. The second kappa shape index (κ2) is 10.0. The van der Waals surface area contributed by atoms with E-state index in [0.717, 1.165) is 17.5 Å². The van der Waals surface area contributed by atoms with E-state index in [1.165, 1.54) is 5.56 Å². The lowest BCUT2D eigenvalue weighted by Crippen LogP contribution is -2.27. The average Bonchev–Trinajstić information content (AvgIpc) is 3.52. The maximum Gasteiger partial charge on any atom is 0.274 e. The third-order valence-corrected chi connectivity index (χ3v) is 5.35. The molecule has 8 heteroatoms. The van der Waals surface area contributed by atoms with Crippen molar-refractivity contribution in [1.82, 2.24) is 20.0 Å². The van der Waals surface area contributed by atoms with E-state index >= 15 is 0 Å². The summed E-state index contributed by atoms with van der Waals surface area (Å²) < 4.78 is 17.9. The largest absolute Gasteiger partial charge is 0.493 e. The molecule has 1 N–H and O–H groups in total. The molecule has 4 rings (SSSR count). The molecule has 0 atom stereocenters. The number of carbonyl (C=O) groups excluding carboxylic acids is 1. The van der Waals surface area contributed by atoms with E-state index in [1.54, 1.807) is 30.9 Å². The van der Waals surface area contributed by atoms with Crippen molar-refractivity contribution in [3.05, 3.63) is 71.9 Å². The van der Waals surface area contributed by atoms with Gasteiger partial charge in [0.25, 0.3) is 5.89 Å². The standard InChI is InChI=1S/C25H26N4O4/c1-4-17-7-9-18(10-8-17)15-26-23(30)16-29-13-5-6-20(29)25-27-24(28-33-25)19-11-12-21(31-2)22(14-19)32-3/h5-14H,4,15-16H2,1-3H3,(H,26,30). The molecule has 0 saturated heterocycles. The molecule has 0 radical (unpaired) electrons. The van der Waals surface area contributed by atoms with Crippen LogP contribution < -0.4 is 14.8 Å². The summed E-state index contributed by atoms with van der Waals surface area (Å²) in [4.78, 5) is 17.0. The van der Waals surface area contributed by atoms with Gasteiger partial charge in [-0.3, -0.25) is 4.79 Å². The number of carbonyl (C=O) groups is 1. The van der Waals surface area contributed by atoms with Gasteiger partial charge in [0.15, 0.2) is 11.5 Å². The fourth-order valence-electron chi connectivity index (χ4n) is 3.47. The Kier molecular flexibility index (Phi) is 6.73. The highest BCUT2D eigenvalue weighted by Gasteiger charge is 2.17. The Balaban J connectivity index is 1.44. The summed E-state index contributed by atoms with van der Waals surface area (Å²) in [6.45, 7) is 2.73. The zero-order valence-corrected chi connectivity index (χ0v) is 18.9. The zero-order chi connectivity index (χ0) is 23.2. The zero-order valence-electron chi connectivity index (χ0n) is 18.9. The Morgan fingerprint density at radius 2 is 1.79 bits per heavy atom. The smallest absolute Gasteiger partial charge is 0.274 e. The van der Waals surface area contributed by atoms with Crippen LogP contribution in [-0.2, 0) is 24.3 Å². The molecule has 1 amide bonds. The summed E-state index contributed by atoms with van der Waals surface area (Å²) >= 11 is 0. The number of nitrogens with zero attached hydrogens (tertiary/aromatic N) is 3. The highest BCUT2D eigenvalue weighted by molar-refractivity contribution is 5.76. The third-order valence-electron chi connectivity index (χ3n) is 5.35. The van der Waals surface area contributed by atoms with E-state index in [2.05, 4.69) is 34.5 Å². The first kappa shape index (κ1) is 22.1. The van der Waals surface area contributed by atoms with E-state index in [-0.39, 0.29) is 12.5 Å². The van der Waals surface area contributed by atoms with Gasteiger partial charge in [-0.2, -0.15) is 4.98 Å². The number of benzene rings is 2. The second-order valence-electron chi connectivity index (χ2n) is 7.46. The highest BCUT2D eigenvalue weighted by atomic mass is 16.5. The van der Waals surface area contributed by atoms with Crippen LogP contribution in [0.4, 0.5) is 0 Å². The molecule has 2 aromatic carbocycles. The molecule has 0 unspecified atom stereocenters. The molecule has 2 aromatic heterocycles. The maximum absolute atomic E-state index is 12.5. The predicted molar refractivity (Wildman–Crippen MR) is 124 cm³/mol. The van der Waals surface area contributed by atoms with E-state index in [4.69, 9.17) is 14.0 Å². The van der Waals surface area contributed by atoms with E-state index in [9.17, 15) is 4.79 Å². The number of rotatable bonds is 9. The predicted octanol–water partition coefficient (Wildman–Crippen LogP) is 4.10. The summed E-state index contributed by atoms with van der Waals surface area (Å²) in [6.07, 6.45) is 2.80. The first-order chi connectivity index (χ1) is 16.1. The Bertz CT molecular complexity index is 1230. The van der Waals surface area contributed by atoms with Crippen LogP contribution in [-0.4, -0.2) is 34.8 Å². The van der Waals surface area contributed by atoms with E-state index < -0.39 is 0 Å². The quantitative estimate of drug-likeness (QED) is 0.416. The van der Waals surface area contributed by atoms with Gasteiger partial charge in [-0.25, -0.2) is 0 Å². The van der Waals surface area contributed by atoms with E-state index in [0.29, 0.717) is 35.5 Å². The van der Waals surface area contributed by atoms with Crippen molar-refractivity contribution in [2.24, 2.45) is 0 Å². The molecule has 0 saturated carbocycles. The highest BCUT2D eigenvalue weighted by Crippen LogP contribution is 2.32. The monoisotopic (exact) mass is 446 g/mol. The van der Waals surface area contributed by atoms with Gasteiger partial charge < -0.3 is 23.9 Å². The SMILES string of the molecule is CCc1ccc(CNC(=O)Cn2cccc2-c2nc(-c3ccc(OC)c(OC)c3)no2)cc1. The van der Waals surface area contributed by atoms with Gasteiger partial charge in [0.05, 0.1) is 14.2 Å². The number of ether oxygens (including phenoxy) is 2. The first-order valence-corrected chi connectivity index (χ1v) is 10.7. The van der Waals surface area contributed by atoms with Crippen molar-refractivity contribution < 1.29 is 18.8 Å². The molecule has 0 spiro atoms. The fraction of sp³-hybridized carbons (Fsp3) is 0.240. The van der Waals surface area contributed by atoms with Gasteiger partial charge in [-0.15, -0.1) is 0 Å². The molecule has 0 aliphatic carbocycles. The first-order valence-electron chi connectivity index (χ1n) is 10.7. The van der Waals surface area contributed by atoms with Crippen molar-refractivity contribution in [3.63, 3.8) is 0 Å². The van der Waals surface area contributed by atoms with Crippen LogP contribution in [0, 0.1) is 0 Å². The topological polar surface area (TPSA) is 91.4 Å². The number of amides is 1. The summed E-state index contributed by atoms with van der Waals surface area (Å²) in [6, 6.07) is 17.3. The van der Waals surface area contributed by atoms with Crippen molar-refractivity contribution >= 4 is 5.91 Å². The Morgan fingerprint density at radius 1 is 1.03 bits per heavy atom. The Hall–Kier alpha value is -4.07.